The maximum Gasteiger partial charge on any atom is 0.306 e. The average molecular weight is 460 g/mol. The minimum atomic E-state index is -0.974. The highest BCUT2D eigenvalue weighted by atomic mass is 32.2. The van der Waals surface area contributed by atoms with E-state index in [2.05, 4.69) is 20.8 Å². The molecule has 1 aromatic carbocycles. The molecule has 13 heteroatoms. The number of hydrogen-bond donors (Lipinski definition) is 2. The van der Waals surface area contributed by atoms with Gasteiger partial charge in [0.05, 0.1) is 15.9 Å². The number of rotatable bonds is 10. The van der Waals surface area contributed by atoms with Gasteiger partial charge in [0.15, 0.2) is 8.68 Å². The van der Waals surface area contributed by atoms with Gasteiger partial charge in [0.25, 0.3) is 0 Å². The predicted octanol–water partition coefficient (Wildman–Crippen LogP) is 3.32. The summed E-state index contributed by atoms with van der Waals surface area (Å²) in [6, 6.07) is 3.14. The van der Waals surface area contributed by atoms with Gasteiger partial charge >= 0.3 is 5.69 Å². The number of carbonyl (C=O) groups is 2. The molecule has 0 aliphatic heterocycles. The molecule has 0 aliphatic rings. The van der Waals surface area contributed by atoms with Crippen molar-refractivity contribution in [1.29, 1.82) is 0 Å². The highest BCUT2D eigenvalue weighted by molar-refractivity contribution is 8.04. The van der Waals surface area contributed by atoms with Crippen LogP contribution in [0.15, 0.2) is 26.9 Å². The fourth-order valence-corrected chi connectivity index (χ4v) is 4.92. The number of aromatic nitrogens is 2. The van der Waals surface area contributed by atoms with Gasteiger partial charge in [-0.3, -0.25) is 19.7 Å². The topological polar surface area (TPSA) is 127 Å². The zero-order chi connectivity index (χ0) is 21.4. The van der Waals surface area contributed by atoms with E-state index in [0.29, 0.717) is 15.2 Å². The lowest BCUT2D eigenvalue weighted by molar-refractivity contribution is -0.387. The standard InChI is InChI=1S/C16H18FN5O4S3/c1-3-6-18-13(23)8-27-15-20-21-16(29-15)28-9(2)14(24)19-10-4-5-11(17)12(7-10)22(25)26/h4-5,7,9H,3,6,8H2,1-2H3,(H,18,23)(H,19,24). The SMILES string of the molecule is CCCNC(=O)CSc1nnc(SC(C)C(=O)Nc2ccc(F)c([N+](=O)[O-])c2)s1. The summed E-state index contributed by atoms with van der Waals surface area (Å²) in [6.07, 6.45) is 0.862. The summed E-state index contributed by atoms with van der Waals surface area (Å²) in [6.45, 7) is 4.24. The van der Waals surface area contributed by atoms with E-state index in [4.69, 9.17) is 0 Å². The molecule has 0 fully saturated rings. The zero-order valence-electron chi connectivity index (χ0n) is 15.5. The van der Waals surface area contributed by atoms with Crippen LogP contribution < -0.4 is 10.6 Å². The molecule has 0 bridgehead atoms. The molecule has 0 radical (unpaired) electrons. The first-order valence-electron chi connectivity index (χ1n) is 8.44. The molecular formula is C16H18FN5O4S3. The Labute approximate surface area is 178 Å². The number of nitro benzene ring substituents is 1. The van der Waals surface area contributed by atoms with Crippen LogP contribution in [0.4, 0.5) is 15.8 Å². The van der Waals surface area contributed by atoms with Crippen LogP contribution in [-0.2, 0) is 9.59 Å². The van der Waals surface area contributed by atoms with Crippen molar-refractivity contribution < 1.29 is 18.9 Å². The largest absolute Gasteiger partial charge is 0.355 e. The van der Waals surface area contributed by atoms with Gasteiger partial charge in [0.1, 0.15) is 0 Å². The van der Waals surface area contributed by atoms with Crippen LogP contribution in [0.2, 0.25) is 0 Å². The van der Waals surface area contributed by atoms with Gasteiger partial charge in [-0.15, -0.1) is 10.2 Å². The van der Waals surface area contributed by atoms with E-state index in [1.807, 2.05) is 6.92 Å². The molecule has 1 aromatic heterocycles. The number of anilines is 1. The molecule has 2 N–H and O–H groups in total. The average Bonchev–Trinajstić information content (AvgIpc) is 3.13. The van der Waals surface area contributed by atoms with Crippen LogP contribution >= 0.6 is 34.9 Å². The first kappa shape index (κ1) is 23.0. The van der Waals surface area contributed by atoms with Crippen LogP contribution in [-0.4, -0.2) is 44.5 Å². The van der Waals surface area contributed by atoms with E-state index in [9.17, 15) is 24.1 Å². The Morgan fingerprint density at radius 2 is 2.07 bits per heavy atom. The molecule has 2 rings (SSSR count). The Morgan fingerprint density at radius 3 is 2.76 bits per heavy atom. The summed E-state index contributed by atoms with van der Waals surface area (Å²) in [5, 5.41) is 23.5. The van der Waals surface area contributed by atoms with Crippen molar-refractivity contribution >= 4 is 58.0 Å². The highest BCUT2D eigenvalue weighted by Gasteiger charge is 2.20. The molecular weight excluding hydrogens is 441 g/mol. The van der Waals surface area contributed by atoms with Crippen molar-refractivity contribution in [2.45, 2.75) is 34.2 Å². The fraction of sp³-hybridized carbons (Fsp3) is 0.375. The quantitative estimate of drug-likeness (QED) is 0.315. The van der Waals surface area contributed by atoms with E-state index in [0.717, 1.165) is 30.3 Å². The van der Waals surface area contributed by atoms with Gasteiger partial charge in [0, 0.05) is 18.3 Å². The molecule has 1 atom stereocenters. The maximum atomic E-state index is 13.4. The van der Waals surface area contributed by atoms with Crippen molar-refractivity contribution in [3.05, 3.63) is 34.1 Å². The number of halogens is 1. The number of nitrogens with zero attached hydrogens (tertiary/aromatic N) is 3. The zero-order valence-corrected chi connectivity index (χ0v) is 18.0. The molecule has 0 saturated carbocycles. The van der Waals surface area contributed by atoms with Crippen molar-refractivity contribution in [1.82, 2.24) is 15.5 Å². The lowest BCUT2D eigenvalue weighted by atomic mass is 10.2. The number of carbonyl (C=O) groups excluding carboxylic acids is 2. The monoisotopic (exact) mass is 459 g/mol. The summed E-state index contributed by atoms with van der Waals surface area (Å²) in [5.74, 6) is -1.24. The van der Waals surface area contributed by atoms with Crippen molar-refractivity contribution in [2.24, 2.45) is 0 Å². The molecule has 0 spiro atoms. The van der Waals surface area contributed by atoms with Crippen LogP contribution in [0, 0.1) is 15.9 Å². The van der Waals surface area contributed by atoms with Gasteiger partial charge in [-0.1, -0.05) is 41.8 Å². The Bertz CT molecular complexity index is 895. The van der Waals surface area contributed by atoms with E-state index in [1.165, 1.54) is 29.2 Å². The van der Waals surface area contributed by atoms with Crippen molar-refractivity contribution in [2.75, 3.05) is 17.6 Å². The summed E-state index contributed by atoms with van der Waals surface area (Å²) < 4.78 is 14.5. The molecule has 29 heavy (non-hydrogen) atoms. The molecule has 1 heterocycles. The van der Waals surface area contributed by atoms with E-state index in [1.54, 1.807) is 6.92 Å². The van der Waals surface area contributed by atoms with Crippen molar-refractivity contribution in [3.63, 3.8) is 0 Å². The molecule has 2 amide bonds. The summed E-state index contributed by atoms with van der Waals surface area (Å²) in [4.78, 5) is 33.9. The second kappa shape index (κ2) is 11.1. The van der Waals surface area contributed by atoms with E-state index >= 15 is 0 Å². The lowest BCUT2D eigenvalue weighted by Gasteiger charge is -2.10. The van der Waals surface area contributed by atoms with Crippen molar-refractivity contribution in [3.8, 4) is 0 Å². The minimum Gasteiger partial charge on any atom is -0.355 e. The second-order valence-corrected chi connectivity index (χ2v) is 9.43. The number of hydrogen-bond acceptors (Lipinski definition) is 9. The highest BCUT2D eigenvalue weighted by Crippen LogP contribution is 2.31. The smallest absolute Gasteiger partial charge is 0.306 e. The molecule has 0 saturated heterocycles. The molecule has 1 unspecified atom stereocenters. The fourth-order valence-electron chi connectivity index (χ4n) is 1.92. The Morgan fingerprint density at radius 1 is 1.34 bits per heavy atom. The van der Waals surface area contributed by atoms with E-state index < -0.39 is 27.6 Å². The molecule has 156 valence electrons. The number of nitro groups is 1. The first-order chi connectivity index (χ1) is 13.8. The summed E-state index contributed by atoms with van der Waals surface area (Å²) in [7, 11) is 0. The van der Waals surface area contributed by atoms with Gasteiger partial charge in [-0.2, -0.15) is 4.39 Å². The minimum absolute atomic E-state index is 0.0811. The van der Waals surface area contributed by atoms with Gasteiger partial charge in [-0.05, 0) is 25.5 Å². The molecule has 2 aromatic rings. The molecule has 9 nitrogen and oxygen atoms in total. The van der Waals surface area contributed by atoms with Crippen LogP contribution in [0.3, 0.4) is 0 Å². The number of amides is 2. The third kappa shape index (κ3) is 7.25. The van der Waals surface area contributed by atoms with Gasteiger partial charge in [0.2, 0.25) is 17.6 Å². The van der Waals surface area contributed by atoms with Crippen LogP contribution in [0.25, 0.3) is 0 Å². The second-order valence-electron chi connectivity index (χ2n) is 5.65. The summed E-state index contributed by atoms with van der Waals surface area (Å²) >= 11 is 3.69. The lowest BCUT2D eigenvalue weighted by Crippen LogP contribution is -2.25. The predicted molar refractivity (Wildman–Crippen MR) is 111 cm³/mol. The normalized spacial score (nSPS) is 11.7. The number of benzene rings is 1. The summed E-state index contributed by atoms with van der Waals surface area (Å²) in [5.41, 5.74) is -0.584. The maximum absolute atomic E-state index is 13.4. The Hall–Kier alpha value is -2.25. The van der Waals surface area contributed by atoms with Crippen LogP contribution in [0.1, 0.15) is 20.3 Å². The Balaban J connectivity index is 1.88. The Kier molecular flexibility index (Phi) is 8.79. The van der Waals surface area contributed by atoms with E-state index in [-0.39, 0.29) is 17.3 Å². The number of thioether (sulfide) groups is 2. The molecule has 0 aliphatic carbocycles. The van der Waals surface area contributed by atoms with Gasteiger partial charge in [-0.25, -0.2) is 0 Å². The van der Waals surface area contributed by atoms with Gasteiger partial charge < -0.3 is 10.6 Å². The van der Waals surface area contributed by atoms with Crippen LogP contribution in [0.5, 0.6) is 0 Å². The number of nitrogens with one attached hydrogen (secondary N) is 2. The third-order valence-corrected chi connectivity index (χ3v) is 6.58. The first-order valence-corrected chi connectivity index (χ1v) is 11.1. The third-order valence-electron chi connectivity index (χ3n) is 3.34.